The number of benzene rings is 1. The van der Waals surface area contributed by atoms with Gasteiger partial charge in [0.05, 0.1) is 24.2 Å². The van der Waals surface area contributed by atoms with Crippen molar-refractivity contribution in [2.24, 2.45) is 0 Å². The van der Waals surface area contributed by atoms with Gasteiger partial charge in [0.1, 0.15) is 0 Å². The Labute approximate surface area is 152 Å². The fraction of sp³-hybridized carbons (Fsp3) is 0.650. The third-order valence-electron chi connectivity index (χ3n) is 5.57. The van der Waals surface area contributed by atoms with Crippen LogP contribution in [0.25, 0.3) is 0 Å². The number of hydrogen-bond acceptors (Lipinski definition) is 4. The minimum absolute atomic E-state index is 0.195. The average molecular weight is 346 g/mol. The Morgan fingerprint density at radius 3 is 2.08 bits per heavy atom. The molecule has 5 heteroatoms. The van der Waals surface area contributed by atoms with E-state index in [9.17, 15) is 4.79 Å². The number of aryl methyl sites for hydroxylation is 3. The van der Waals surface area contributed by atoms with Crippen molar-refractivity contribution in [1.82, 2.24) is 0 Å². The van der Waals surface area contributed by atoms with Gasteiger partial charge in [-0.25, -0.2) is 0 Å². The summed E-state index contributed by atoms with van der Waals surface area (Å²) >= 11 is 0. The van der Waals surface area contributed by atoms with Gasteiger partial charge in [-0.2, -0.15) is 0 Å². The van der Waals surface area contributed by atoms with Gasteiger partial charge in [-0.1, -0.05) is 12.1 Å². The van der Waals surface area contributed by atoms with Crippen LogP contribution in [0.2, 0.25) is 0 Å². The largest absolute Gasteiger partial charge is 0.466 e. The first kappa shape index (κ1) is 20.0. The molecule has 0 aromatic heterocycles. The van der Waals surface area contributed by atoms with Crippen LogP contribution in [0.5, 0.6) is 0 Å². The maximum Gasteiger partial charge on any atom is 0.466 e. The van der Waals surface area contributed by atoms with Crippen molar-refractivity contribution in [3.63, 3.8) is 0 Å². The summed E-state index contributed by atoms with van der Waals surface area (Å²) in [6, 6.07) is 4.31. The summed E-state index contributed by atoms with van der Waals surface area (Å²) in [5.41, 5.74) is 3.81. The number of carbonyl (C=O) groups excluding carboxylic acids is 1. The third kappa shape index (κ3) is 4.09. The number of rotatable bonds is 5. The summed E-state index contributed by atoms with van der Waals surface area (Å²) in [5.74, 6) is -0.417. The first-order valence-electron chi connectivity index (χ1n) is 9.07. The van der Waals surface area contributed by atoms with E-state index in [-0.39, 0.29) is 18.2 Å². The van der Waals surface area contributed by atoms with E-state index in [1.54, 1.807) is 0 Å². The Balaban J connectivity index is 2.41. The quantitative estimate of drug-likeness (QED) is 0.590. The first-order valence-corrected chi connectivity index (χ1v) is 9.07. The van der Waals surface area contributed by atoms with E-state index in [0.717, 1.165) is 11.1 Å². The summed E-state index contributed by atoms with van der Waals surface area (Å²) in [5, 5.41) is 0. The molecule has 1 fully saturated rings. The molecule has 1 atom stereocenters. The van der Waals surface area contributed by atoms with Gasteiger partial charge in [0.25, 0.3) is 0 Å². The number of ether oxygens (including phenoxy) is 1. The Kier molecular flexibility index (Phi) is 5.70. The molecule has 0 N–H and O–H groups in total. The molecule has 0 saturated carbocycles. The van der Waals surface area contributed by atoms with Crippen LogP contribution in [0.15, 0.2) is 12.1 Å². The molecule has 1 aromatic rings. The highest BCUT2D eigenvalue weighted by atomic mass is 16.7. The molecule has 1 aliphatic rings. The standard InChI is InChI=1S/C20H31BO4/c1-9-23-18(22)12-17(16-11-14(3)13(2)10-15(16)4)21-24-19(5,6)20(7,8)25-21/h10-11,17H,9,12H2,1-8H3. The van der Waals surface area contributed by atoms with Gasteiger partial charge in [-0.05, 0) is 77.6 Å². The minimum atomic E-state index is -0.477. The first-order chi connectivity index (χ1) is 11.5. The SMILES string of the molecule is CCOC(=O)CC(B1OC(C)(C)C(C)(C)O1)c1cc(C)c(C)cc1C. The van der Waals surface area contributed by atoms with Crippen LogP contribution in [0.4, 0.5) is 0 Å². The zero-order chi connectivity index (χ0) is 19.0. The lowest BCUT2D eigenvalue weighted by atomic mass is 9.65. The van der Waals surface area contributed by atoms with Crippen molar-refractivity contribution in [2.75, 3.05) is 6.61 Å². The summed E-state index contributed by atoms with van der Waals surface area (Å²) in [4.78, 5) is 12.2. The monoisotopic (exact) mass is 346 g/mol. The molecule has 1 aliphatic heterocycles. The highest BCUT2D eigenvalue weighted by molar-refractivity contribution is 6.48. The maximum atomic E-state index is 12.2. The number of carbonyl (C=O) groups is 1. The Hall–Kier alpha value is -1.33. The summed E-state index contributed by atoms with van der Waals surface area (Å²) in [6.45, 7) is 16.6. The van der Waals surface area contributed by atoms with Crippen LogP contribution in [-0.2, 0) is 18.8 Å². The lowest BCUT2D eigenvalue weighted by molar-refractivity contribution is -0.143. The van der Waals surface area contributed by atoms with Gasteiger partial charge in [0.2, 0.25) is 0 Å². The Morgan fingerprint density at radius 1 is 1.04 bits per heavy atom. The second-order valence-corrected chi connectivity index (χ2v) is 8.03. The molecular weight excluding hydrogens is 315 g/mol. The highest BCUT2D eigenvalue weighted by Crippen LogP contribution is 2.42. The highest BCUT2D eigenvalue weighted by Gasteiger charge is 2.54. The van der Waals surface area contributed by atoms with Gasteiger partial charge >= 0.3 is 13.1 Å². The molecule has 0 bridgehead atoms. The second-order valence-electron chi connectivity index (χ2n) is 8.03. The van der Waals surface area contributed by atoms with E-state index >= 15 is 0 Å². The van der Waals surface area contributed by atoms with Gasteiger partial charge < -0.3 is 14.0 Å². The average Bonchev–Trinajstić information content (AvgIpc) is 2.69. The van der Waals surface area contributed by atoms with Crippen molar-refractivity contribution < 1.29 is 18.8 Å². The van der Waals surface area contributed by atoms with E-state index in [1.807, 2.05) is 34.6 Å². The van der Waals surface area contributed by atoms with Crippen LogP contribution < -0.4 is 0 Å². The molecule has 2 rings (SSSR count). The molecule has 4 nitrogen and oxygen atoms in total. The van der Waals surface area contributed by atoms with Crippen molar-refractivity contribution in [3.8, 4) is 0 Å². The lowest BCUT2D eigenvalue weighted by Gasteiger charge is -2.32. The van der Waals surface area contributed by atoms with Gasteiger partial charge in [0.15, 0.2) is 0 Å². The lowest BCUT2D eigenvalue weighted by Crippen LogP contribution is -2.41. The number of hydrogen-bond donors (Lipinski definition) is 0. The van der Waals surface area contributed by atoms with Crippen LogP contribution >= 0.6 is 0 Å². The van der Waals surface area contributed by atoms with Crippen LogP contribution in [0.1, 0.15) is 69.1 Å². The molecule has 1 unspecified atom stereocenters. The molecular formula is C20H31BO4. The molecule has 1 aromatic carbocycles. The van der Waals surface area contributed by atoms with E-state index in [2.05, 4.69) is 32.9 Å². The Bertz CT molecular complexity index is 635. The second kappa shape index (κ2) is 7.12. The van der Waals surface area contributed by atoms with Crippen LogP contribution in [-0.4, -0.2) is 30.9 Å². The van der Waals surface area contributed by atoms with Gasteiger partial charge in [-0.3, -0.25) is 4.79 Å². The predicted molar refractivity (Wildman–Crippen MR) is 101 cm³/mol. The van der Waals surface area contributed by atoms with Crippen LogP contribution in [0.3, 0.4) is 0 Å². The summed E-state index contributed by atoms with van der Waals surface area (Å²) < 4.78 is 17.7. The topological polar surface area (TPSA) is 44.8 Å². The van der Waals surface area contributed by atoms with Crippen molar-refractivity contribution in [1.29, 1.82) is 0 Å². The molecule has 0 amide bonds. The van der Waals surface area contributed by atoms with Gasteiger partial charge in [-0.15, -0.1) is 0 Å². The minimum Gasteiger partial charge on any atom is -0.466 e. The third-order valence-corrected chi connectivity index (χ3v) is 5.57. The van der Waals surface area contributed by atoms with Gasteiger partial charge in [0, 0.05) is 5.82 Å². The smallest absolute Gasteiger partial charge is 0.466 e. The van der Waals surface area contributed by atoms with E-state index < -0.39 is 18.3 Å². The molecule has 1 saturated heterocycles. The fourth-order valence-corrected chi connectivity index (χ4v) is 3.19. The van der Waals surface area contributed by atoms with E-state index in [1.165, 1.54) is 11.1 Å². The molecule has 0 radical (unpaired) electrons. The van der Waals surface area contributed by atoms with Crippen molar-refractivity contribution in [3.05, 3.63) is 34.4 Å². The maximum absolute atomic E-state index is 12.2. The zero-order valence-corrected chi connectivity index (χ0v) is 16.9. The van der Waals surface area contributed by atoms with Crippen molar-refractivity contribution in [2.45, 2.75) is 78.8 Å². The Morgan fingerprint density at radius 2 is 1.56 bits per heavy atom. The van der Waals surface area contributed by atoms with Crippen molar-refractivity contribution >= 4 is 13.1 Å². The molecule has 0 spiro atoms. The van der Waals surface area contributed by atoms with Crippen LogP contribution in [0, 0.1) is 20.8 Å². The number of esters is 1. The fourth-order valence-electron chi connectivity index (χ4n) is 3.19. The molecule has 1 heterocycles. The normalized spacial score (nSPS) is 19.8. The summed E-state index contributed by atoms with van der Waals surface area (Å²) in [6.07, 6.45) is 0.244. The molecule has 0 aliphatic carbocycles. The summed E-state index contributed by atoms with van der Waals surface area (Å²) in [7, 11) is -0.477. The zero-order valence-electron chi connectivity index (χ0n) is 16.9. The van der Waals surface area contributed by atoms with E-state index in [0.29, 0.717) is 6.61 Å². The predicted octanol–water partition coefficient (Wildman–Crippen LogP) is 4.28. The van der Waals surface area contributed by atoms with E-state index in [4.69, 9.17) is 14.0 Å². The molecule has 138 valence electrons. The molecule has 25 heavy (non-hydrogen) atoms.